The molecule has 0 saturated heterocycles. The molecule has 20 heavy (non-hydrogen) atoms. The lowest BCUT2D eigenvalue weighted by Crippen LogP contribution is -2.20. The smallest absolute Gasteiger partial charge is 0.480 e. The number of hydrogen-bond acceptors (Lipinski definition) is 4. The fraction of sp³-hybridized carbons (Fsp3) is 0.231. The molecule has 1 atom stereocenters. The number of thiophene rings is 1. The van der Waals surface area contributed by atoms with E-state index in [4.69, 9.17) is 10.5 Å². The van der Waals surface area contributed by atoms with Crippen LogP contribution in [-0.4, -0.2) is 12.9 Å². The van der Waals surface area contributed by atoms with Crippen LogP contribution in [0.3, 0.4) is 0 Å². The summed E-state index contributed by atoms with van der Waals surface area (Å²) in [7, 11) is 0. The van der Waals surface area contributed by atoms with Gasteiger partial charge in [0, 0.05) is 12.1 Å². The van der Waals surface area contributed by atoms with Gasteiger partial charge in [-0.15, -0.1) is 13.2 Å². The van der Waals surface area contributed by atoms with E-state index in [9.17, 15) is 13.2 Å². The minimum atomic E-state index is -4.76. The highest BCUT2D eigenvalue weighted by atomic mass is 32.1. The van der Waals surface area contributed by atoms with E-state index in [1.165, 1.54) is 29.5 Å². The lowest BCUT2D eigenvalue weighted by molar-refractivity contribution is -0.275. The van der Waals surface area contributed by atoms with Crippen LogP contribution in [0.2, 0.25) is 0 Å². The molecule has 1 unspecified atom stereocenters. The summed E-state index contributed by atoms with van der Waals surface area (Å²) in [6, 6.07) is 7.44. The lowest BCUT2D eigenvalue weighted by Gasteiger charge is -2.19. The quantitative estimate of drug-likeness (QED) is 0.915. The van der Waals surface area contributed by atoms with Crippen LogP contribution < -0.4 is 15.2 Å². The standard InChI is InChI=1S/C13H12F3NO2S/c14-13(15,16)19-11-4-2-1-3-10(11)18-12(7-17)9-5-6-20-8-9/h1-6,8,12H,7,17H2. The van der Waals surface area contributed by atoms with E-state index in [0.29, 0.717) is 0 Å². The molecular formula is C13H12F3NO2S. The molecule has 3 nitrogen and oxygen atoms in total. The monoisotopic (exact) mass is 303 g/mol. The molecule has 0 aliphatic heterocycles. The van der Waals surface area contributed by atoms with Gasteiger partial charge in [-0.3, -0.25) is 0 Å². The van der Waals surface area contributed by atoms with Crippen molar-refractivity contribution in [2.24, 2.45) is 5.73 Å². The van der Waals surface area contributed by atoms with E-state index < -0.39 is 12.5 Å². The van der Waals surface area contributed by atoms with Gasteiger partial charge in [-0.2, -0.15) is 11.3 Å². The predicted molar refractivity (Wildman–Crippen MR) is 69.9 cm³/mol. The number of para-hydroxylation sites is 2. The summed E-state index contributed by atoms with van der Waals surface area (Å²) < 4.78 is 46.4. The molecule has 0 bridgehead atoms. The first kappa shape index (κ1) is 14.7. The van der Waals surface area contributed by atoms with Gasteiger partial charge in [0.25, 0.3) is 0 Å². The van der Waals surface area contributed by atoms with Crippen LogP contribution in [0.15, 0.2) is 41.1 Å². The zero-order chi connectivity index (χ0) is 14.6. The minimum absolute atomic E-state index is 0.00600. The van der Waals surface area contributed by atoms with Gasteiger partial charge in [-0.05, 0) is 29.0 Å². The van der Waals surface area contributed by atoms with Gasteiger partial charge in [0.1, 0.15) is 6.10 Å². The fourth-order valence-electron chi connectivity index (χ4n) is 1.62. The molecule has 0 aliphatic rings. The molecule has 0 radical (unpaired) electrons. The third-order valence-corrected chi connectivity index (χ3v) is 3.17. The topological polar surface area (TPSA) is 44.5 Å². The molecule has 1 heterocycles. The number of hydrogen-bond donors (Lipinski definition) is 1. The van der Waals surface area contributed by atoms with Crippen molar-refractivity contribution in [2.45, 2.75) is 12.5 Å². The van der Waals surface area contributed by atoms with Crippen molar-refractivity contribution in [1.82, 2.24) is 0 Å². The highest BCUT2D eigenvalue weighted by Crippen LogP contribution is 2.34. The fourth-order valence-corrected chi connectivity index (χ4v) is 2.32. The van der Waals surface area contributed by atoms with Crippen LogP contribution in [0.1, 0.15) is 11.7 Å². The zero-order valence-corrected chi connectivity index (χ0v) is 11.1. The van der Waals surface area contributed by atoms with Crippen LogP contribution in [0.4, 0.5) is 13.2 Å². The Morgan fingerprint density at radius 1 is 1.15 bits per heavy atom. The molecule has 2 rings (SSSR count). The lowest BCUT2D eigenvalue weighted by atomic mass is 10.2. The SMILES string of the molecule is NCC(Oc1ccccc1OC(F)(F)F)c1ccsc1. The third-order valence-electron chi connectivity index (χ3n) is 2.47. The Hall–Kier alpha value is -1.73. The molecule has 0 amide bonds. The van der Waals surface area contributed by atoms with E-state index in [-0.39, 0.29) is 18.0 Å². The maximum atomic E-state index is 12.3. The zero-order valence-electron chi connectivity index (χ0n) is 10.3. The van der Waals surface area contributed by atoms with E-state index in [2.05, 4.69) is 4.74 Å². The first-order valence-electron chi connectivity index (χ1n) is 5.73. The summed E-state index contributed by atoms with van der Waals surface area (Å²) in [6.45, 7) is 0.150. The molecule has 2 N–H and O–H groups in total. The Balaban J connectivity index is 2.20. The Labute approximate surface area is 117 Å². The molecule has 0 saturated carbocycles. The van der Waals surface area contributed by atoms with Crippen LogP contribution in [-0.2, 0) is 0 Å². The number of halogens is 3. The molecule has 108 valence electrons. The summed E-state index contributed by atoms with van der Waals surface area (Å²) in [6.07, 6.45) is -5.28. The maximum Gasteiger partial charge on any atom is 0.573 e. The van der Waals surface area contributed by atoms with Crippen molar-refractivity contribution < 1.29 is 22.6 Å². The van der Waals surface area contributed by atoms with Crippen LogP contribution in [0.5, 0.6) is 11.5 Å². The highest BCUT2D eigenvalue weighted by Gasteiger charge is 2.32. The minimum Gasteiger partial charge on any atom is -0.480 e. The Bertz CT molecular complexity index is 543. The van der Waals surface area contributed by atoms with Crippen LogP contribution in [0.25, 0.3) is 0 Å². The van der Waals surface area contributed by atoms with E-state index in [1.807, 2.05) is 16.8 Å². The predicted octanol–water partition coefficient (Wildman–Crippen LogP) is 3.73. The molecule has 0 fully saturated rings. The molecule has 0 spiro atoms. The third kappa shape index (κ3) is 3.88. The molecule has 1 aromatic carbocycles. The average Bonchev–Trinajstić information content (AvgIpc) is 2.89. The number of benzene rings is 1. The number of alkyl halides is 3. The van der Waals surface area contributed by atoms with E-state index in [1.54, 1.807) is 6.07 Å². The molecule has 2 aromatic rings. The van der Waals surface area contributed by atoms with Gasteiger partial charge >= 0.3 is 6.36 Å². The first-order valence-corrected chi connectivity index (χ1v) is 6.67. The van der Waals surface area contributed by atoms with Crippen molar-refractivity contribution in [3.05, 3.63) is 46.7 Å². The van der Waals surface area contributed by atoms with Gasteiger partial charge in [-0.1, -0.05) is 12.1 Å². The summed E-state index contributed by atoms with van der Waals surface area (Å²) in [4.78, 5) is 0. The second-order valence-electron chi connectivity index (χ2n) is 3.89. The van der Waals surface area contributed by atoms with Gasteiger partial charge in [-0.25, -0.2) is 0 Å². The summed E-state index contributed by atoms with van der Waals surface area (Å²) >= 11 is 1.46. The number of rotatable bonds is 5. The van der Waals surface area contributed by atoms with Crippen molar-refractivity contribution in [3.63, 3.8) is 0 Å². The van der Waals surface area contributed by atoms with E-state index in [0.717, 1.165) is 5.56 Å². The first-order chi connectivity index (χ1) is 9.49. The average molecular weight is 303 g/mol. The molecule has 7 heteroatoms. The van der Waals surface area contributed by atoms with Gasteiger partial charge in [0.2, 0.25) is 0 Å². The van der Waals surface area contributed by atoms with E-state index >= 15 is 0 Å². The summed E-state index contributed by atoms with van der Waals surface area (Å²) in [5, 5.41) is 3.68. The Morgan fingerprint density at radius 2 is 1.85 bits per heavy atom. The largest absolute Gasteiger partial charge is 0.573 e. The second-order valence-corrected chi connectivity index (χ2v) is 4.67. The number of ether oxygens (including phenoxy) is 2. The van der Waals surface area contributed by atoms with Crippen molar-refractivity contribution in [2.75, 3.05) is 6.54 Å². The maximum absolute atomic E-state index is 12.3. The van der Waals surface area contributed by atoms with Crippen LogP contribution in [0, 0.1) is 0 Å². The van der Waals surface area contributed by atoms with Crippen molar-refractivity contribution >= 4 is 11.3 Å². The van der Waals surface area contributed by atoms with Crippen molar-refractivity contribution in [3.8, 4) is 11.5 Å². The van der Waals surface area contributed by atoms with Gasteiger partial charge < -0.3 is 15.2 Å². The second kappa shape index (κ2) is 6.15. The molecule has 1 aromatic heterocycles. The Morgan fingerprint density at radius 3 is 2.40 bits per heavy atom. The van der Waals surface area contributed by atoms with Gasteiger partial charge in [0.05, 0.1) is 0 Å². The summed E-state index contributed by atoms with van der Waals surface area (Å²) in [5.41, 5.74) is 6.42. The van der Waals surface area contributed by atoms with Crippen molar-refractivity contribution in [1.29, 1.82) is 0 Å². The normalized spacial score (nSPS) is 13.0. The number of nitrogens with two attached hydrogens (primary N) is 1. The summed E-state index contributed by atoms with van der Waals surface area (Å²) in [5.74, 6) is -0.375. The Kier molecular flexibility index (Phi) is 4.51. The molecular weight excluding hydrogens is 291 g/mol. The van der Waals surface area contributed by atoms with Crippen LogP contribution >= 0.6 is 11.3 Å². The van der Waals surface area contributed by atoms with Gasteiger partial charge in [0.15, 0.2) is 11.5 Å². The molecule has 0 aliphatic carbocycles. The highest BCUT2D eigenvalue weighted by molar-refractivity contribution is 7.07.